The van der Waals surface area contributed by atoms with Gasteiger partial charge in [0.2, 0.25) is 5.91 Å². The third-order valence-electron chi connectivity index (χ3n) is 6.15. The first-order valence-corrected chi connectivity index (χ1v) is 14.3. The number of ether oxygens (including phenoxy) is 1. The van der Waals surface area contributed by atoms with Crippen molar-refractivity contribution in [3.63, 3.8) is 0 Å². The fourth-order valence-electron chi connectivity index (χ4n) is 4.03. The van der Waals surface area contributed by atoms with E-state index in [2.05, 4.69) is 5.32 Å². The van der Waals surface area contributed by atoms with Gasteiger partial charge in [0.1, 0.15) is 17.2 Å². The highest BCUT2D eigenvalue weighted by Crippen LogP contribution is 2.33. The lowest BCUT2D eigenvalue weighted by Gasteiger charge is -2.26. The maximum absolute atomic E-state index is 14.0. The largest absolute Gasteiger partial charge is 0.495 e. The molecule has 4 aromatic carbocycles. The summed E-state index contributed by atoms with van der Waals surface area (Å²) in [4.78, 5) is 26.5. The van der Waals surface area contributed by atoms with Gasteiger partial charge in [-0.25, -0.2) is 8.42 Å². The van der Waals surface area contributed by atoms with Gasteiger partial charge in [0.15, 0.2) is 5.78 Å². The zero-order valence-electron chi connectivity index (χ0n) is 21.9. The maximum atomic E-state index is 14.0. The van der Waals surface area contributed by atoms with Crippen LogP contribution in [0, 0.1) is 13.8 Å². The topological polar surface area (TPSA) is 92.8 Å². The molecule has 4 aromatic rings. The molecular formula is C30H26Cl2N2O5S. The number of benzene rings is 4. The average Bonchev–Trinajstić information content (AvgIpc) is 2.94. The van der Waals surface area contributed by atoms with Crippen molar-refractivity contribution < 1.29 is 22.7 Å². The van der Waals surface area contributed by atoms with E-state index in [0.717, 1.165) is 9.87 Å². The summed E-state index contributed by atoms with van der Waals surface area (Å²) in [5.74, 6) is -0.906. The van der Waals surface area contributed by atoms with E-state index in [9.17, 15) is 18.0 Å². The second kappa shape index (κ2) is 12.1. The summed E-state index contributed by atoms with van der Waals surface area (Å²) in [6.45, 7) is 2.93. The Morgan fingerprint density at radius 1 is 0.900 bits per heavy atom. The summed E-state index contributed by atoms with van der Waals surface area (Å²) in [5, 5.41) is 3.33. The highest BCUT2D eigenvalue weighted by Gasteiger charge is 2.31. The molecule has 0 heterocycles. The Bertz CT molecular complexity index is 1690. The first-order valence-electron chi connectivity index (χ1n) is 12.1. The van der Waals surface area contributed by atoms with Crippen LogP contribution in [0.3, 0.4) is 0 Å². The van der Waals surface area contributed by atoms with E-state index in [1.54, 1.807) is 68.4 Å². The molecule has 0 atom stereocenters. The SMILES string of the molecule is COc1ccc(C)cc1S(=O)(=O)N(CC(=O)Nc1ccc(Cl)cc1C(=O)c1ccccc1)c1ccc(C)c(Cl)c1. The quantitative estimate of drug-likeness (QED) is 0.217. The molecule has 206 valence electrons. The minimum absolute atomic E-state index is 0.106. The highest BCUT2D eigenvalue weighted by molar-refractivity contribution is 7.93. The lowest BCUT2D eigenvalue weighted by molar-refractivity contribution is -0.114. The van der Waals surface area contributed by atoms with E-state index in [1.165, 1.54) is 37.4 Å². The lowest BCUT2D eigenvalue weighted by atomic mass is 10.0. The zero-order valence-corrected chi connectivity index (χ0v) is 24.3. The van der Waals surface area contributed by atoms with Crippen LogP contribution in [-0.4, -0.2) is 33.8 Å². The van der Waals surface area contributed by atoms with E-state index < -0.39 is 22.5 Å². The van der Waals surface area contributed by atoms with Crippen LogP contribution in [0.1, 0.15) is 27.0 Å². The number of anilines is 2. The van der Waals surface area contributed by atoms with E-state index in [4.69, 9.17) is 27.9 Å². The summed E-state index contributed by atoms with van der Waals surface area (Å²) in [6, 6.07) is 22.5. The van der Waals surface area contributed by atoms with Crippen LogP contribution in [0.15, 0.2) is 89.8 Å². The number of amides is 1. The van der Waals surface area contributed by atoms with Crippen molar-refractivity contribution in [2.75, 3.05) is 23.3 Å². The van der Waals surface area contributed by atoms with Crippen LogP contribution >= 0.6 is 23.2 Å². The van der Waals surface area contributed by atoms with Crippen LogP contribution in [0.2, 0.25) is 10.0 Å². The molecule has 0 unspecified atom stereocenters. The first-order chi connectivity index (χ1) is 19.0. The Morgan fingerprint density at radius 3 is 2.30 bits per heavy atom. The maximum Gasteiger partial charge on any atom is 0.268 e. The predicted molar refractivity (Wildman–Crippen MR) is 158 cm³/mol. The number of ketones is 1. The van der Waals surface area contributed by atoms with Gasteiger partial charge in [-0.3, -0.25) is 13.9 Å². The standard InChI is InChI=1S/C30H26Cl2N2O5S/c1-19-9-14-27(39-3)28(15-19)40(37,38)34(23-12-10-20(2)25(32)17-23)18-29(35)33-26-13-11-22(31)16-24(26)30(36)21-7-5-4-6-8-21/h4-17H,18H2,1-3H3,(H,33,35). The second-order valence-electron chi connectivity index (χ2n) is 9.03. The van der Waals surface area contributed by atoms with Crippen molar-refractivity contribution in [2.24, 2.45) is 0 Å². The van der Waals surface area contributed by atoms with Gasteiger partial charge < -0.3 is 10.1 Å². The smallest absolute Gasteiger partial charge is 0.268 e. The Kier molecular flexibility index (Phi) is 8.83. The van der Waals surface area contributed by atoms with E-state index in [0.29, 0.717) is 21.2 Å². The molecule has 4 rings (SSSR count). The van der Waals surface area contributed by atoms with Gasteiger partial charge in [0.25, 0.3) is 10.0 Å². The summed E-state index contributed by atoms with van der Waals surface area (Å²) in [6.07, 6.45) is 0. The number of sulfonamides is 1. The van der Waals surface area contributed by atoms with E-state index in [1.807, 2.05) is 0 Å². The zero-order chi connectivity index (χ0) is 29.0. The number of carbonyl (C=O) groups is 2. The predicted octanol–water partition coefficient (Wildman–Crippen LogP) is 6.68. The molecule has 0 fully saturated rings. The lowest BCUT2D eigenvalue weighted by Crippen LogP contribution is -2.38. The molecule has 1 amide bonds. The molecule has 7 nitrogen and oxygen atoms in total. The van der Waals surface area contributed by atoms with Gasteiger partial charge in [0, 0.05) is 21.2 Å². The molecule has 40 heavy (non-hydrogen) atoms. The molecule has 0 radical (unpaired) electrons. The molecule has 0 spiro atoms. The molecule has 10 heteroatoms. The number of methoxy groups -OCH3 is 1. The van der Waals surface area contributed by atoms with E-state index in [-0.39, 0.29) is 33.4 Å². The van der Waals surface area contributed by atoms with Gasteiger partial charge in [-0.2, -0.15) is 0 Å². The number of hydrogen-bond acceptors (Lipinski definition) is 5. The van der Waals surface area contributed by atoms with Crippen LogP contribution in [0.4, 0.5) is 11.4 Å². The van der Waals surface area contributed by atoms with Crippen molar-refractivity contribution in [1.82, 2.24) is 0 Å². The van der Waals surface area contributed by atoms with Crippen molar-refractivity contribution in [2.45, 2.75) is 18.7 Å². The molecule has 0 saturated heterocycles. The number of nitrogens with zero attached hydrogens (tertiary/aromatic N) is 1. The monoisotopic (exact) mass is 596 g/mol. The summed E-state index contributed by atoms with van der Waals surface area (Å²) >= 11 is 12.5. The van der Waals surface area contributed by atoms with Crippen molar-refractivity contribution in [1.29, 1.82) is 0 Å². The van der Waals surface area contributed by atoms with Gasteiger partial charge in [0.05, 0.1) is 18.5 Å². The summed E-state index contributed by atoms with van der Waals surface area (Å²) < 4.78 is 34.3. The number of nitrogens with one attached hydrogen (secondary N) is 1. The Balaban J connectivity index is 1.74. The minimum atomic E-state index is -4.31. The normalized spacial score (nSPS) is 11.1. The average molecular weight is 598 g/mol. The number of carbonyl (C=O) groups excluding carboxylic acids is 2. The number of hydrogen-bond donors (Lipinski definition) is 1. The third kappa shape index (κ3) is 6.31. The number of rotatable bonds is 9. The molecule has 0 bridgehead atoms. The van der Waals surface area contributed by atoms with Crippen molar-refractivity contribution >= 4 is 56.3 Å². The summed E-state index contributed by atoms with van der Waals surface area (Å²) in [5.41, 5.74) is 2.38. The van der Waals surface area contributed by atoms with E-state index >= 15 is 0 Å². The Hall–Kier alpha value is -3.85. The van der Waals surface area contributed by atoms with Gasteiger partial charge in [-0.1, -0.05) is 65.7 Å². The minimum Gasteiger partial charge on any atom is -0.495 e. The second-order valence-corrected chi connectivity index (χ2v) is 11.7. The van der Waals surface area contributed by atoms with Crippen LogP contribution in [0.5, 0.6) is 5.75 Å². The fraction of sp³-hybridized carbons (Fsp3) is 0.133. The van der Waals surface area contributed by atoms with Gasteiger partial charge in [-0.05, 0) is 67.4 Å². The van der Waals surface area contributed by atoms with Crippen LogP contribution in [0.25, 0.3) is 0 Å². The first kappa shape index (κ1) is 29.1. The Labute approximate surface area is 243 Å². The number of aryl methyl sites for hydroxylation is 2. The molecule has 0 aromatic heterocycles. The third-order valence-corrected chi connectivity index (χ3v) is 8.59. The number of halogens is 2. The highest BCUT2D eigenvalue weighted by atomic mass is 35.5. The van der Waals surface area contributed by atoms with Crippen LogP contribution in [-0.2, 0) is 14.8 Å². The molecule has 0 aliphatic rings. The molecule has 1 N–H and O–H groups in total. The van der Waals surface area contributed by atoms with Gasteiger partial charge in [-0.15, -0.1) is 0 Å². The molecule has 0 saturated carbocycles. The molecule has 0 aliphatic carbocycles. The summed E-state index contributed by atoms with van der Waals surface area (Å²) in [7, 11) is -2.94. The molecular weight excluding hydrogens is 571 g/mol. The van der Waals surface area contributed by atoms with Crippen molar-refractivity contribution in [3.05, 3.63) is 117 Å². The fourth-order valence-corrected chi connectivity index (χ4v) is 6.04. The van der Waals surface area contributed by atoms with Crippen molar-refractivity contribution in [3.8, 4) is 5.75 Å². The van der Waals surface area contributed by atoms with Gasteiger partial charge >= 0.3 is 0 Å². The molecule has 0 aliphatic heterocycles. The van der Waals surface area contributed by atoms with Crippen LogP contribution < -0.4 is 14.4 Å². The Morgan fingerprint density at radius 2 is 1.62 bits per heavy atom.